The van der Waals surface area contributed by atoms with Crippen molar-refractivity contribution in [2.45, 2.75) is 45.4 Å². The lowest BCUT2D eigenvalue weighted by Crippen LogP contribution is -2.41. The lowest BCUT2D eigenvalue weighted by molar-refractivity contribution is -0.141. The maximum absolute atomic E-state index is 13.0. The lowest BCUT2D eigenvalue weighted by atomic mass is 9.90. The van der Waals surface area contributed by atoms with Gasteiger partial charge in [0.15, 0.2) is 5.60 Å². The van der Waals surface area contributed by atoms with E-state index in [4.69, 9.17) is 4.74 Å². The van der Waals surface area contributed by atoms with Crippen LogP contribution in [0.1, 0.15) is 38.3 Å². The van der Waals surface area contributed by atoms with E-state index in [0.29, 0.717) is 17.8 Å². The van der Waals surface area contributed by atoms with E-state index in [0.717, 1.165) is 15.8 Å². The number of aliphatic hydroxyl groups is 1. The van der Waals surface area contributed by atoms with Gasteiger partial charge in [0.2, 0.25) is 0 Å². The molecule has 0 spiro atoms. The van der Waals surface area contributed by atoms with Crippen LogP contribution < -0.4 is 9.64 Å². The Morgan fingerprint density at radius 2 is 1.89 bits per heavy atom. The molecule has 0 radical (unpaired) electrons. The maximum Gasteiger partial charge on any atom is 0.264 e. The summed E-state index contributed by atoms with van der Waals surface area (Å²) in [6.45, 7) is 5.60. The molecule has 27 heavy (non-hydrogen) atoms. The number of benzene rings is 2. The van der Waals surface area contributed by atoms with Crippen LogP contribution >= 0.6 is 15.9 Å². The summed E-state index contributed by atoms with van der Waals surface area (Å²) in [6, 6.07) is 12.8. The molecule has 0 aliphatic carbocycles. The van der Waals surface area contributed by atoms with Crippen molar-refractivity contribution in [2.24, 2.45) is 0 Å². The number of hydrogen-bond donors (Lipinski definition) is 1. The lowest BCUT2D eigenvalue weighted by Gasteiger charge is -2.22. The number of halogens is 1. The van der Waals surface area contributed by atoms with Gasteiger partial charge in [0.1, 0.15) is 11.5 Å². The summed E-state index contributed by atoms with van der Waals surface area (Å²) in [6.07, 6.45) is -0.157. The van der Waals surface area contributed by atoms with E-state index < -0.39 is 11.5 Å². The van der Waals surface area contributed by atoms with Gasteiger partial charge in [-0.3, -0.25) is 9.59 Å². The van der Waals surface area contributed by atoms with Gasteiger partial charge >= 0.3 is 0 Å². The largest absolute Gasteiger partial charge is 0.491 e. The van der Waals surface area contributed by atoms with E-state index in [9.17, 15) is 14.7 Å². The molecule has 1 atom stereocenters. The summed E-state index contributed by atoms with van der Waals surface area (Å²) in [4.78, 5) is 26.2. The smallest absolute Gasteiger partial charge is 0.264 e. The molecule has 0 fully saturated rings. The van der Waals surface area contributed by atoms with Crippen molar-refractivity contribution in [3.8, 4) is 5.75 Å². The number of ether oxygens (including phenoxy) is 1. The van der Waals surface area contributed by atoms with Gasteiger partial charge in [0.05, 0.1) is 18.3 Å². The van der Waals surface area contributed by atoms with Crippen molar-refractivity contribution >= 4 is 33.3 Å². The van der Waals surface area contributed by atoms with Gasteiger partial charge in [0, 0.05) is 16.5 Å². The molecule has 1 aliphatic heterocycles. The van der Waals surface area contributed by atoms with Crippen molar-refractivity contribution in [1.82, 2.24) is 0 Å². The summed E-state index contributed by atoms with van der Waals surface area (Å²) < 4.78 is 6.39. The molecule has 0 saturated heterocycles. The summed E-state index contributed by atoms with van der Waals surface area (Å²) in [5.74, 6) is 0.0426. The number of amides is 1. The highest BCUT2D eigenvalue weighted by Crippen LogP contribution is 2.44. The van der Waals surface area contributed by atoms with E-state index >= 15 is 0 Å². The number of fused-ring (bicyclic) bond motifs is 1. The van der Waals surface area contributed by atoms with Crippen LogP contribution in [0.2, 0.25) is 0 Å². The zero-order chi connectivity index (χ0) is 19.8. The third-order valence-electron chi connectivity index (χ3n) is 4.43. The maximum atomic E-state index is 13.0. The number of Topliss-reactive ketones (excluding diaryl/α,β-unsaturated/α-hetero) is 1. The van der Waals surface area contributed by atoms with E-state index in [1.54, 1.807) is 12.1 Å². The fourth-order valence-corrected chi connectivity index (χ4v) is 3.70. The first kappa shape index (κ1) is 19.6. The Kier molecular flexibility index (Phi) is 5.40. The highest BCUT2D eigenvalue weighted by Gasteiger charge is 2.50. The van der Waals surface area contributed by atoms with Crippen LogP contribution in [0.5, 0.6) is 5.75 Å². The monoisotopic (exact) mass is 431 g/mol. The molecule has 1 unspecified atom stereocenters. The van der Waals surface area contributed by atoms with Gasteiger partial charge in [-0.25, -0.2) is 0 Å². The minimum absolute atomic E-state index is 0.0860. The number of rotatable bonds is 6. The van der Waals surface area contributed by atoms with E-state index in [2.05, 4.69) is 15.9 Å². The van der Waals surface area contributed by atoms with Gasteiger partial charge in [-0.15, -0.1) is 0 Å². The molecule has 5 nitrogen and oxygen atoms in total. The summed E-state index contributed by atoms with van der Waals surface area (Å²) in [5.41, 5.74) is 0.151. The first-order valence-electron chi connectivity index (χ1n) is 8.80. The Bertz CT molecular complexity index is 878. The second-order valence-electron chi connectivity index (χ2n) is 7.10. The predicted molar refractivity (Wildman–Crippen MR) is 107 cm³/mol. The normalized spacial score (nSPS) is 18.7. The average Bonchev–Trinajstić information content (AvgIpc) is 2.77. The molecule has 142 valence electrons. The van der Waals surface area contributed by atoms with Gasteiger partial charge in [-0.05, 0) is 56.7 Å². The van der Waals surface area contributed by atoms with Crippen LogP contribution in [0.15, 0.2) is 46.9 Å². The van der Waals surface area contributed by atoms with Crippen molar-refractivity contribution < 1.29 is 19.4 Å². The van der Waals surface area contributed by atoms with Crippen LogP contribution in [0.3, 0.4) is 0 Å². The minimum atomic E-state index is -1.83. The fourth-order valence-electron chi connectivity index (χ4n) is 3.34. The molecule has 1 amide bonds. The number of anilines is 1. The third-order valence-corrected chi connectivity index (χ3v) is 4.93. The van der Waals surface area contributed by atoms with Crippen LogP contribution in [0.25, 0.3) is 0 Å². The second-order valence-corrected chi connectivity index (χ2v) is 8.02. The molecule has 1 aliphatic rings. The quantitative estimate of drug-likeness (QED) is 0.751. The van der Waals surface area contributed by atoms with Crippen molar-refractivity contribution in [2.75, 3.05) is 4.90 Å². The van der Waals surface area contributed by atoms with Crippen LogP contribution in [-0.4, -0.2) is 22.9 Å². The zero-order valence-corrected chi connectivity index (χ0v) is 17.1. The van der Waals surface area contributed by atoms with Gasteiger partial charge in [0.25, 0.3) is 5.91 Å². The van der Waals surface area contributed by atoms with Gasteiger partial charge in [-0.1, -0.05) is 28.1 Å². The number of carbonyl (C=O) groups is 2. The highest BCUT2D eigenvalue weighted by molar-refractivity contribution is 9.10. The Balaban J connectivity index is 1.92. The number of hydrogen-bond acceptors (Lipinski definition) is 4. The molecule has 3 rings (SSSR count). The number of ketones is 1. The molecule has 0 saturated carbocycles. The summed E-state index contributed by atoms with van der Waals surface area (Å²) >= 11 is 3.38. The average molecular weight is 432 g/mol. The first-order chi connectivity index (χ1) is 12.7. The Morgan fingerprint density at radius 3 is 2.48 bits per heavy atom. The molecule has 1 N–H and O–H groups in total. The second kappa shape index (κ2) is 7.44. The summed E-state index contributed by atoms with van der Waals surface area (Å²) in [5, 5.41) is 11.0. The molecular weight excluding hydrogens is 410 g/mol. The standard InChI is InChI=1S/C21H22BrNO4/c1-13(2)27-17-7-4-15(5-8-17)12-23-19-9-6-16(22)10-18(19)21(26,20(23)25)11-14(3)24/h4-10,13,26H,11-12H2,1-3H3. The molecule has 6 heteroatoms. The van der Waals surface area contributed by atoms with Gasteiger partial charge < -0.3 is 14.7 Å². The van der Waals surface area contributed by atoms with E-state index in [-0.39, 0.29) is 18.3 Å². The van der Waals surface area contributed by atoms with E-state index in [1.165, 1.54) is 11.8 Å². The Hall–Kier alpha value is -2.18. The van der Waals surface area contributed by atoms with E-state index in [1.807, 2.05) is 44.2 Å². The fraction of sp³-hybridized carbons (Fsp3) is 0.333. The Morgan fingerprint density at radius 1 is 1.22 bits per heavy atom. The molecule has 2 aromatic rings. The zero-order valence-electron chi connectivity index (χ0n) is 15.5. The van der Waals surface area contributed by atoms with Crippen molar-refractivity contribution in [1.29, 1.82) is 0 Å². The third kappa shape index (κ3) is 3.92. The molecule has 2 aromatic carbocycles. The minimum Gasteiger partial charge on any atom is -0.491 e. The SMILES string of the molecule is CC(=O)CC1(O)C(=O)N(Cc2ccc(OC(C)C)cc2)c2ccc(Br)cc21. The molecule has 1 heterocycles. The molecular formula is C21H22BrNO4. The predicted octanol–water partition coefficient (Wildman–Crippen LogP) is 3.95. The van der Waals surface area contributed by atoms with Crippen LogP contribution in [0.4, 0.5) is 5.69 Å². The molecule has 0 aromatic heterocycles. The van der Waals surface area contributed by atoms with Crippen LogP contribution in [0, 0.1) is 0 Å². The Labute approximate surface area is 167 Å². The highest BCUT2D eigenvalue weighted by atomic mass is 79.9. The summed E-state index contributed by atoms with van der Waals surface area (Å²) in [7, 11) is 0. The number of carbonyl (C=O) groups excluding carboxylic acids is 2. The first-order valence-corrected chi connectivity index (χ1v) is 9.59. The van der Waals surface area contributed by atoms with Crippen molar-refractivity contribution in [3.63, 3.8) is 0 Å². The molecule has 0 bridgehead atoms. The van der Waals surface area contributed by atoms with Crippen LogP contribution in [-0.2, 0) is 21.7 Å². The topological polar surface area (TPSA) is 66.8 Å². The van der Waals surface area contributed by atoms with Crippen molar-refractivity contribution in [3.05, 3.63) is 58.1 Å². The number of nitrogens with zero attached hydrogens (tertiary/aromatic N) is 1. The van der Waals surface area contributed by atoms with Gasteiger partial charge in [-0.2, -0.15) is 0 Å².